The van der Waals surface area contributed by atoms with Crippen molar-refractivity contribution >= 4 is 56.7 Å². The van der Waals surface area contributed by atoms with E-state index in [1.54, 1.807) is 12.1 Å². The maximum absolute atomic E-state index is 6.01. The summed E-state index contributed by atoms with van der Waals surface area (Å²) in [7, 11) is 0. The Morgan fingerprint density at radius 2 is 1.83 bits per heavy atom. The second-order valence-electron chi connectivity index (χ2n) is 3.18. The molecule has 0 unspecified atom stereocenters. The zero-order valence-corrected chi connectivity index (χ0v) is 12.5. The number of rotatable bonds is 2. The van der Waals surface area contributed by atoms with Crippen molar-refractivity contribution in [1.29, 1.82) is 0 Å². The molecule has 94 valence electrons. The molecular weight excluding hydrogens is 364 g/mol. The molecule has 0 aliphatic rings. The van der Waals surface area contributed by atoms with E-state index in [0.29, 0.717) is 20.3 Å². The van der Waals surface area contributed by atoms with E-state index in [1.165, 1.54) is 6.20 Å². The molecular formula is C10H5BrCl3N3O. The highest BCUT2D eigenvalue weighted by atomic mass is 79.9. The van der Waals surface area contributed by atoms with Gasteiger partial charge in [-0.1, -0.05) is 34.8 Å². The van der Waals surface area contributed by atoms with Gasteiger partial charge in [-0.25, -0.2) is 4.98 Å². The first kappa shape index (κ1) is 13.7. The van der Waals surface area contributed by atoms with E-state index in [9.17, 15) is 0 Å². The molecule has 0 amide bonds. The smallest absolute Gasteiger partial charge is 0.243 e. The van der Waals surface area contributed by atoms with Gasteiger partial charge in [0.05, 0.1) is 16.2 Å². The minimum atomic E-state index is 0.0498. The van der Waals surface area contributed by atoms with Crippen LogP contribution in [0.5, 0.6) is 11.6 Å². The van der Waals surface area contributed by atoms with Crippen molar-refractivity contribution in [2.24, 2.45) is 0 Å². The Labute approximate surface area is 126 Å². The van der Waals surface area contributed by atoms with Crippen molar-refractivity contribution in [3.63, 3.8) is 0 Å². The topological polar surface area (TPSA) is 61.0 Å². The van der Waals surface area contributed by atoms with Crippen LogP contribution < -0.4 is 10.5 Å². The molecule has 4 nitrogen and oxygen atoms in total. The zero-order valence-electron chi connectivity index (χ0n) is 8.62. The fourth-order valence-electron chi connectivity index (χ4n) is 1.12. The summed E-state index contributed by atoms with van der Waals surface area (Å²) in [5.74, 6) is 0.489. The summed E-state index contributed by atoms with van der Waals surface area (Å²) in [4.78, 5) is 7.58. The van der Waals surface area contributed by atoms with Crippen molar-refractivity contribution in [3.8, 4) is 11.6 Å². The van der Waals surface area contributed by atoms with Crippen molar-refractivity contribution in [2.45, 2.75) is 0 Å². The number of hydrogen-bond donors (Lipinski definition) is 1. The SMILES string of the molecule is Nc1ncc(Cl)c(Oc2cc(Cl)c(Br)cc2Cl)n1. The molecule has 0 saturated carbocycles. The number of nitrogen functional groups attached to an aromatic ring is 1. The fourth-order valence-corrected chi connectivity index (χ4v) is 2.08. The van der Waals surface area contributed by atoms with Crippen LogP contribution in [0.15, 0.2) is 22.8 Å². The van der Waals surface area contributed by atoms with E-state index < -0.39 is 0 Å². The van der Waals surface area contributed by atoms with E-state index in [4.69, 9.17) is 45.3 Å². The molecule has 2 rings (SSSR count). The second-order valence-corrected chi connectivity index (χ2v) is 5.26. The predicted octanol–water partition coefficient (Wildman–Crippen LogP) is 4.57. The van der Waals surface area contributed by atoms with Gasteiger partial charge in [0.15, 0.2) is 0 Å². The molecule has 0 aliphatic carbocycles. The molecule has 8 heteroatoms. The summed E-state index contributed by atoms with van der Waals surface area (Å²) < 4.78 is 6.12. The third kappa shape index (κ3) is 2.98. The molecule has 0 aliphatic heterocycles. The summed E-state index contributed by atoms with van der Waals surface area (Å²) in [5.41, 5.74) is 5.45. The van der Waals surface area contributed by atoms with E-state index in [2.05, 4.69) is 25.9 Å². The minimum absolute atomic E-state index is 0.0498. The van der Waals surface area contributed by atoms with Gasteiger partial charge in [0.1, 0.15) is 10.8 Å². The minimum Gasteiger partial charge on any atom is -0.436 e. The van der Waals surface area contributed by atoms with E-state index >= 15 is 0 Å². The lowest BCUT2D eigenvalue weighted by Gasteiger charge is -2.09. The van der Waals surface area contributed by atoms with Crippen LogP contribution >= 0.6 is 50.7 Å². The number of anilines is 1. The molecule has 0 radical (unpaired) electrons. The van der Waals surface area contributed by atoms with Crippen LogP contribution in [0.4, 0.5) is 5.95 Å². The Balaban J connectivity index is 2.40. The van der Waals surface area contributed by atoms with Crippen LogP contribution in [0, 0.1) is 0 Å². The average molecular weight is 369 g/mol. The molecule has 18 heavy (non-hydrogen) atoms. The number of aromatic nitrogens is 2. The van der Waals surface area contributed by atoms with Gasteiger partial charge in [-0.2, -0.15) is 4.98 Å². The van der Waals surface area contributed by atoms with Crippen LogP contribution in [0.25, 0.3) is 0 Å². The normalized spacial score (nSPS) is 10.4. The van der Waals surface area contributed by atoms with Crippen molar-refractivity contribution < 1.29 is 4.74 Å². The van der Waals surface area contributed by atoms with Crippen molar-refractivity contribution in [3.05, 3.63) is 37.9 Å². The van der Waals surface area contributed by atoms with Crippen LogP contribution in [0.3, 0.4) is 0 Å². The van der Waals surface area contributed by atoms with Gasteiger partial charge in [0.25, 0.3) is 0 Å². The maximum atomic E-state index is 6.01. The molecule has 0 bridgehead atoms. The van der Waals surface area contributed by atoms with E-state index in [-0.39, 0.29) is 16.9 Å². The largest absolute Gasteiger partial charge is 0.436 e. The third-order valence-corrected chi connectivity index (χ3v) is 3.66. The van der Waals surface area contributed by atoms with Gasteiger partial charge in [-0.15, -0.1) is 0 Å². The highest BCUT2D eigenvalue weighted by Crippen LogP contribution is 2.37. The summed E-state index contributed by atoms with van der Waals surface area (Å²) >= 11 is 21.1. The molecule has 0 saturated heterocycles. The van der Waals surface area contributed by atoms with Gasteiger partial charge in [0.2, 0.25) is 11.8 Å². The third-order valence-electron chi connectivity index (χ3n) is 1.91. The number of hydrogen-bond acceptors (Lipinski definition) is 4. The first-order chi connectivity index (χ1) is 8.47. The van der Waals surface area contributed by atoms with Crippen LogP contribution in [-0.4, -0.2) is 9.97 Å². The van der Waals surface area contributed by atoms with Gasteiger partial charge in [0, 0.05) is 10.5 Å². The lowest BCUT2D eigenvalue weighted by atomic mass is 10.3. The van der Waals surface area contributed by atoms with Crippen LogP contribution in [0.2, 0.25) is 15.1 Å². The Morgan fingerprint density at radius 1 is 1.11 bits per heavy atom. The number of ether oxygens (including phenoxy) is 1. The highest BCUT2D eigenvalue weighted by Gasteiger charge is 2.11. The monoisotopic (exact) mass is 367 g/mol. The molecule has 1 aromatic heterocycles. The first-order valence-electron chi connectivity index (χ1n) is 4.58. The number of nitrogens with two attached hydrogens (primary N) is 1. The molecule has 0 spiro atoms. The standard InChI is InChI=1S/C10H5BrCl3N3O/c11-4-1-6(13)8(2-5(4)12)18-9-7(14)3-16-10(15)17-9/h1-3H,(H2,15,16,17). The Hall–Kier alpha value is -0.750. The quantitative estimate of drug-likeness (QED) is 0.788. The summed E-state index contributed by atoms with van der Waals surface area (Å²) in [5, 5.41) is 1.03. The number of nitrogens with zero attached hydrogens (tertiary/aromatic N) is 2. The summed E-state index contributed by atoms with van der Waals surface area (Å²) in [6.45, 7) is 0. The van der Waals surface area contributed by atoms with Gasteiger partial charge in [-0.3, -0.25) is 0 Å². The number of halogens is 4. The Morgan fingerprint density at radius 3 is 2.56 bits per heavy atom. The fraction of sp³-hybridized carbons (Fsp3) is 0. The highest BCUT2D eigenvalue weighted by molar-refractivity contribution is 9.10. The molecule has 2 N–H and O–H groups in total. The lowest BCUT2D eigenvalue weighted by molar-refractivity contribution is 0.463. The number of benzene rings is 1. The lowest BCUT2D eigenvalue weighted by Crippen LogP contribution is -1.97. The Kier molecular flexibility index (Phi) is 4.17. The van der Waals surface area contributed by atoms with Crippen LogP contribution in [-0.2, 0) is 0 Å². The second kappa shape index (κ2) is 5.48. The molecule has 0 atom stereocenters. The molecule has 1 aromatic carbocycles. The van der Waals surface area contributed by atoms with Gasteiger partial charge >= 0.3 is 0 Å². The van der Waals surface area contributed by atoms with E-state index in [0.717, 1.165) is 0 Å². The van der Waals surface area contributed by atoms with Crippen molar-refractivity contribution in [1.82, 2.24) is 9.97 Å². The molecule has 2 aromatic rings. The van der Waals surface area contributed by atoms with Crippen LogP contribution in [0.1, 0.15) is 0 Å². The maximum Gasteiger partial charge on any atom is 0.243 e. The molecule has 0 fully saturated rings. The summed E-state index contributed by atoms with van der Waals surface area (Å²) in [6.07, 6.45) is 1.34. The predicted molar refractivity (Wildman–Crippen MR) is 75.7 cm³/mol. The van der Waals surface area contributed by atoms with Gasteiger partial charge in [-0.05, 0) is 22.0 Å². The average Bonchev–Trinajstić information content (AvgIpc) is 2.30. The van der Waals surface area contributed by atoms with Gasteiger partial charge < -0.3 is 10.5 Å². The van der Waals surface area contributed by atoms with Crippen molar-refractivity contribution in [2.75, 3.05) is 5.73 Å². The summed E-state index contributed by atoms with van der Waals surface area (Å²) in [6, 6.07) is 3.15. The molecule has 1 heterocycles. The van der Waals surface area contributed by atoms with E-state index in [1.807, 2.05) is 0 Å². The first-order valence-corrected chi connectivity index (χ1v) is 6.50. The zero-order chi connectivity index (χ0) is 13.3. The Bertz CT molecular complexity index is 609.